The number of amides is 3. The van der Waals surface area contributed by atoms with Crippen LogP contribution < -0.4 is 5.43 Å². The largest absolute Gasteiger partial charge is 0.272 e. The van der Waals surface area contributed by atoms with E-state index in [0.29, 0.717) is 5.02 Å². The second-order valence-corrected chi connectivity index (χ2v) is 7.31. The summed E-state index contributed by atoms with van der Waals surface area (Å²) >= 11 is 11.8. The third-order valence-electron chi connectivity index (χ3n) is 5.32. The van der Waals surface area contributed by atoms with Crippen molar-refractivity contribution in [3.8, 4) is 0 Å². The van der Waals surface area contributed by atoms with Crippen molar-refractivity contribution in [1.29, 1.82) is 0 Å². The Labute approximate surface area is 142 Å². The summed E-state index contributed by atoms with van der Waals surface area (Å²) in [6.07, 6.45) is 2.95. The Morgan fingerprint density at radius 1 is 1.09 bits per heavy atom. The lowest BCUT2D eigenvalue weighted by molar-refractivity contribution is -0.143. The van der Waals surface area contributed by atoms with Gasteiger partial charge in [0.2, 0.25) is 0 Å². The van der Waals surface area contributed by atoms with Gasteiger partial charge in [-0.15, -0.1) is 0 Å². The third-order valence-corrected chi connectivity index (χ3v) is 5.86. The molecule has 3 aliphatic rings. The van der Waals surface area contributed by atoms with Gasteiger partial charge in [0.1, 0.15) is 0 Å². The van der Waals surface area contributed by atoms with Crippen molar-refractivity contribution in [3.05, 3.63) is 33.8 Å². The van der Waals surface area contributed by atoms with Gasteiger partial charge < -0.3 is 0 Å². The van der Waals surface area contributed by atoms with Crippen LogP contribution in [0.1, 0.15) is 29.6 Å². The minimum Gasteiger partial charge on any atom is -0.272 e. The summed E-state index contributed by atoms with van der Waals surface area (Å²) in [6.45, 7) is 0. The van der Waals surface area contributed by atoms with Gasteiger partial charge >= 0.3 is 0 Å². The Balaban J connectivity index is 1.56. The van der Waals surface area contributed by atoms with E-state index in [1.165, 1.54) is 18.2 Å². The molecule has 1 aromatic rings. The molecule has 1 saturated heterocycles. The standard InChI is InChI=1S/C16H14Cl2N2O3/c17-9-3-4-10(11(18)6-9)14(21)19-20-15(22)12-7-1-2-8(5-7)13(12)16(20)23/h3-4,6-8,12-13H,1-2,5H2,(H,19,21)/t7-,8-,12-,13+/m0/s1. The molecular formula is C16H14Cl2N2O3. The van der Waals surface area contributed by atoms with E-state index in [-0.39, 0.29) is 46.1 Å². The van der Waals surface area contributed by atoms with Crippen LogP contribution in [0.2, 0.25) is 10.0 Å². The molecule has 0 radical (unpaired) electrons. The zero-order valence-corrected chi connectivity index (χ0v) is 13.6. The molecule has 2 aliphatic carbocycles. The Kier molecular flexibility index (Phi) is 3.39. The van der Waals surface area contributed by atoms with Gasteiger partial charge in [0.25, 0.3) is 17.7 Å². The summed E-state index contributed by atoms with van der Waals surface area (Å²) in [5.41, 5.74) is 2.60. The van der Waals surface area contributed by atoms with E-state index in [9.17, 15) is 14.4 Å². The number of rotatable bonds is 2. The van der Waals surface area contributed by atoms with Crippen molar-refractivity contribution >= 4 is 40.9 Å². The van der Waals surface area contributed by atoms with Gasteiger partial charge in [0.15, 0.2) is 0 Å². The van der Waals surface area contributed by atoms with Gasteiger partial charge in [-0.05, 0) is 49.3 Å². The van der Waals surface area contributed by atoms with Gasteiger partial charge in [-0.3, -0.25) is 19.8 Å². The molecular weight excluding hydrogens is 339 g/mol. The maximum atomic E-state index is 12.5. The van der Waals surface area contributed by atoms with Crippen LogP contribution in [0, 0.1) is 23.7 Å². The van der Waals surface area contributed by atoms with E-state index < -0.39 is 5.91 Å². The number of carbonyl (C=O) groups is 3. The van der Waals surface area contributed by atoms with Crippen LogP contribution in [0.25, 0.3) is 0 Å². The van der Waals surface area contributed by atoms with E-state index in [2.05, 4.69) is 5.43 Å². The predicted octanol–water partition coefficient (Wildman–Crippen LogP) is 2.67. The number of hydrogen-bond acceptors (Lipinski definition) is 3. The molecule has 1 N–H and O–H groups in total. The maximum absolute atomic E-state index is 12.5. The number of hydrazine groups is 1. The Hall–Kier alpha value is -1.59. The highest BCUT2D eigenvalue weighted by molar-refractivity contribution is 6.36. The first-order valence-corrected chi connectivity index (χ1v) is 8.37. The molecule has 120 valence electrons. The fraction of sp³-hybridized carbons (Fsp3) is 0.438. The number of benzene rings is 1. The smallest absolute Gasteiger partial charge is 0.271 e. The fourth-order valence-electron chi connectivity index (χ4n) is 4.35. The summed E-state index contributed by atoms with van der Waals surface area (Å²) in [7, 11) is 0. The van der Waals surface area contributed by atoms with E-state index in [4.69, 9.17) is 23.2 Å². The molecule has 4 atom stereocenters. The summed E-state index contributed by atoms with van der Waals surface area (Å²) in [5.74, 6) is -1.12. The lowest BCUT2D eigenvalue weighted by atomic mass is 9.81. The first-order valence-electron chi connectivity index (χ1n) is 7.61. The lowest BCUT2D eigenvalue weighted by Crippen LogP contribution is -2.47. The number of fused-ring (bicyclic) bond motifs is 5. The maximum Gasteiger partial charge on any atom is 0.271 e. The molecule has 3 fully saturated rings. The molecule has 4 rings (SSSR count). The number of halogens is 2. The van der Waals surface area contributed by atoms with Crippen LogP contribution in [0.4, 0.5) is 0 Å². The van der Waals surface area contributed by atoms with Crippen LogP contribution in [0.3, 0.4) is 0 Å². The molecule has 1 aromatic carbocycles. The van der Waals surface area contributed by atoms with E-state index in [1.54, 1.807) is 0 Å². The normalized spacial score (nSPS) is 31.7. The molecule has 1 heterocycles. The highest BCUT2D eigenvalue weighted by Gasteiger charge is 2.61. The van der Waals surface area contributed by atoms with Crippen LogP contribution in [0.5, 0.6) is 0 Å². The first-order chi connectivity index (χ1) is 11.0. The molecule has 3 amide bonds. The van der Waals surface area contributed by atoms with Gasteiger partial charge in [0, 0.05) is 5.02 Å². The minimum atomic E-state index is -0.583. The van der Waals surface area contributed by atoms with Crippen molar-refractivity contribution in [3.63, 3.8) is 0 Å². The van der Waals surface area contributed by atoms with E-state index >= 15 is 0 Å². The number of imide groups is 1. The monoisotopic (exact) mass is 352 g/mol. The van der Waals surface area contributed by atoms with Crippen LogP contribution in [0.15, 0.2) is 18.2 Å². The second-order valence-electron chi connectivity index (χ2n) is 6.46. The van der Waals surface area contributed by atoms with Gasteiger partial charge in [0.05, 0.1) is 22.4 Å². The second kappa shape index (κ2) is 5.21. The van der Waals surface area contributed by atoms with Gasteiger partial charge in [-0.2, -0.15) is 5.01 Å². The predicted molar refractivity (Wildman–Crippen MR) is 83.6 cm³/mol. The average molecular weight is 353 g/mol. The molecule has 2 bridgehead atoms. The summed E-state index contributed by atoms with van der Waals surface area (Å²) in [6, 6.07) is 4.45. The minimum absolute atomic E-state index is 0.175. The highest BCUT2D eigenvalue weighted by atomic mass is 35.5. The summed E-state index contributed by atoms with van der Waals surface area (Å²) in [4.78, 5) is 37.4. The topological polar surface area (TPSA) is 66.5 Å². The lowest BCUT2D eigenvalue weighted by Gasteiger charge is -2.19. The summed E-state index contributed by atoms with van der Waals surface area (Å²) in [5, 5.41) is 1.48. The molecule has 0 unspecified atom stereocenters. The molecule has 2 saturated carbocycles. The van der Waals surface area contributed by atoms with Crippen molar-refractivity contribution in [2.24, 2.45) is 23.7 Å². The number of carbonyl (C=O) groups excluding carboxylic acids is 3. The third kappa shape index (κ3) is 2.17. The number of nitrogens with one attached hydrogen (secondary N) is 1. The number of hydrogen-bond donors (Lipinski definition) is 1. The molecule has 1 aliphatic heterocycles. The zero-order chi connectivity index (χ0) is 16.3. The van der Waals surface area contributed by atoms with Crippen molar-refractivity contribution in [2.75, 3.05) is 0 Å². The van der Waals surface area contributed by atoms with E-state index in [0.717, 1.165) is 24.3 Å². The Morgan fingerprint density at radius 3 is 2.26 bits per heavy atom. The first kappa shape index (κ1) is 15.0. The van der Waals surface area contributed by atoms with Crippen LogP contribution in [-0.2, 0) is 9.59 Å². The SMILES string of the molecule is O=C(NN1C(=O)[C@@H]2[C@H]3CC[C@@H](C3)[C@@H]2C1=O)c1ccc(Cl)cc1Cl. The Morgan fingerprint density at radius 2 is 1.70 bits per heavy atom. The molecule has 5 nitrogen and oxygen atoms in total. The van der Waals surface area contributed by atoms with Crippen molar-refractivity contribution in [1.82, 2.24) is 10.4 Å². The fourth-order valence-corrected chi connectivity index (χ4v) is 4.85. The van der Waals surface area contributed by atoms with Gasteiger partial charge in [-0.25, -0.2) is 0 Å². The van der Waals surface area contributed by atoms with Crippen LogP contribution in [-0.4, -0.2) is 22.7 Å². The number of nitrogens with zero attached hydrogens (tertiary/aromatic N) is 1. The quantitative estimate of drug-likeness (QED) is 0.832. The average Bonchev–Trinajstić information content (AvgIpc) is 3.17. The van der Waals surface area contributed by atoms with Crippen molar-refractivity contribution in [2.45, 2.75) is 19.3 Å². The molecule has 23 heavy (non-hydrogen) atoms. The Bertz CT molecular complexity index is 708. The molecule has 7 heteroatoms. The van der Waals surface area contributed by atoms with E-state index in [1.807, 2.05) is 0 Å². The van der Waals surface area contributed by atoms with Crippen LogP contribution >= 0.6 is 23.2 Å². The zero-order valence-electron chi connectivity index (χ0n) is 12.1. The molecule has 0 aromatic heterocycles. The summed E-state index contributed by atoms with van der Waals surface area (Å²) < 4.78 is 0. The van der Waals surface area contributed by atoms with Gasteiger partial charge in [-0.1, -0.05) is 23.2 Å². The molecule has 0 spiro atoms. The highest BCUT2D eigenvalue weighted by Crippen LogP contribution is 2.55. The van der Waals surface area contributed by atoms with Crippen molar-refractivity contribution < 1.29 is 14.4 Å².